The van der Waals surface area contributed by atoms with E-state index in [0.29, 0.717) is 0 Å². The Morgan fingerprint density at radius 3 is 2.08 bits per heavy atom. The lowest BCUT2D eigenvalue weighted by atomic mass is 10.3. The molecule has 0 aromatic rings. The molecule has 0 bridgehead atoms. The molecular formula is C11H22Si. The van der Waals surface area contributed by atoms with Gasteiger partial charge in [-0.15, -0.1) is 13.2 Å². The minimum atomic E-state index is -0.501. The zero-order valence-corrected chi connectivity index (χ0v) is 9.54. The van der Waals surface area contributed by atoms with Gasteiger partial charge < -0.3 is 0 Å². The lowest BCUT2D eigenvalue weighted by Gasteiger charge is -2.09. The minimum absolute atomic E-state index is 0.501. The van der Waals surface area contributed by atoms with Gasteiger partial charge in [-0.3, -0.25) is 0 Å². The molecule has 1 heteroatoms. The average molecular weight is 182 g/mol. The molecule has 0 radical (unpaired) electrons. The topological polar surface area (TPSA) is 0 Å². The van der Waals surface area contributed by atoms with Gasteiger partial charge in [-0.05, 0) is 12.1 Å². The molecule has 0 aliphatic carbocycles. The van der Waals surface area contributed by atoms with Gasteiger partial charge in [0, 0.05) is 8.80 Å². The van der Waals surface area contributed by atoms with E-state index < -0.39 is 8.80 Å². The Morgan fingerprint density at radius 1 is 1.08 bits per heavy atom. The van der Waals surface area contributed by atoms with Crippen molar-refractivity contribution in [3.05, 3.63) is 25.3 Å². The van der Waals surface area contributed by atoms with Crippen molar-refractivity contribution in [1.82, 2.24) is 0 Å². The Hall–Kier alpha value is -0.303. The van der Waals surface area contributed by atoms with Crippen LogP contribution in [0.15, 0.2) is 25.3 Å². The fourth-order valence-electron chi connectivity index (χ4n) is 1.49. The van der Waals surface area contributed by atoms with E-state index in [2.05, 4.69) is 32.2 Å². The first-order valence-electron chi connectivity index (χ1n) is 5.06. The summed E-state index contributed by atoms with van der Waals surface area (Å²) in [6.45, 7) is 9.88. The summed E-state index contributed by atoms with van der Waals surface area (Å²) in [4.78, 5) is 0. The summed E-state index contributed by atoms with van der Waals surface area (Å²) >= 11 is 0. The fourth-order valence-corrected chi connectivity index (χ4v) is 3.96. The molecule has 0 rings (SSSR count). The molecular weight excluding hydrogens is 160 g/mol. The Bertz CT molecular complexity index is 108. The van der Waals surface area contributed by atoms with Gasteiger partial charge in [-0.1, -0.05) is 44.4 Å². The van der Waals surface area contributed by atoms with E-state index in [4.69, 9.17) is 0 Å². The van der Waals surface area contributed by atoms with Crippen LogP contribution in [-0.4, -0.2) is 8.80 Å². The third-order valence-electron chi connectivity index (χ3n) is 2.22. The third-order valence-corrected chi connectivity index (χ3v) is 5.44. The quantitative estimate of drug-likeness (QED) is 0.304. The molecule has 70 valence electrons. The summed E-state index contributed by atoms with van der Waals surface area (Å²) in [7, 11) is -0.501. The van der Waals surface area contributed by atoms with Crippen molar-refractivity contribution in [2.75, 3.05) is 0 Å². The zero-order valence-electron chi connectivity index (χ0n) is 8.39. The van der Waals surface area contributed by atoms with E-state index in [-0.39, 0.29) is 0 Å². The number of allylic oxidation sites excluding steroid dienone is 2. The van der Waals surface area contributed by atoms with Gasteiger partial charge in [0.05, 0.1) is 0 Å². The largest absolute Gasteiger partial charge is 0.103 e. The normalized spacial score (nSPS) is 10.2. The standard InChI is InChI=1S/C11H22Si/c1-4-7-8-11-12(9-5-2)10-6-3/h5-6,12H,2-4,7-11H2,1H3. The highest BCUT2D eigenvalue weighted by molar-refractivity contribution is 6.59. The van der Waals surface area contributed by atoms with Gasteiger partial charge in [0.15, 0.2) is 0 Å². The summed E-state index contributed by atoms with van der Waals surface area (Å²) in [6.07, 6.45) is 8.34. The number of hydrogen-bond donors (Lipinski definition) is 0. The molecule has 0 fully saturated rings. The first kappa shape index (κ1) is 11.7. The van der Waals surface area contributed by atoms with Crippen molar-refractivity contribution in [3.63, 3.8) is 0 Å². The van der Waals surface area contributed by atoms with Crippen molar-refractivity contribution >= 4 is 8.80 Å². The van der Waals surface area contributed by atoms with Crippen LogP contribution in [0.2, 0.25) is 18.1 Å². The van der Waals surface area contributed by atoms with Crippen LogP contribution in [0.25, 0.3) is 0 Å². The Balaban J connectivity index is 3.47. The maximum Gasteiger partial charge on any atom is 0.0443 e. The SMILES string of the molecule is C=CC[SiH](CC=C)CCCCC. The van der Waals surface area contributed by atoms with Gasteiger partial charge in [0.1, 0.15) is 0 Å². The van der Waals surface area contributed by atoms with Crippen molar-refractivity contribution in [2.45, 2.75) is 44.3 Å². The van der Waals surface area contributed by atoms with Crippen molar-refractivity contribution < 1.29 is 0 Å². The van der Waals surface area contributed by atoms with E-state index in [0.717, 1.165) is 0 Å². The minimum Gasteiger partial charge on any atom is -0.103 e. The number of rotatable bonds is 8. The van der Waals surface area contributed by atoms with Gasteiger partial charge in [-0.25, -0.2) is 0 Å². The fraction of sp³-hybridized carbons (Fsp3) is 0.636. The van der Waals surface area contributed by atoms with Gasteiger partial charge >= 0.3 is 0 Å². The second-order valence-electron chi connectivity index (χ2n) is 3.41. The molecule has 0 saturated carbocycles. The van der Waals surface area contributed by atoms with E-state index in [9.17, 15) is 0 Å². The van der Waals surface area contributed by atoms with Crippen molar-refractivity contribution in [2.24, 2.45) is 0 Å². The molecule has 0 aromatic heterocycles. The molecule has 0 aliphatic heterocycles. The maximum atomic E-state index is 3.81. The molecule has 0 aromatic carbocycles. The summed E-state index contributed by atoms with van der Waals surface area (Å²) in [5, 5.41) is 0. The molecule has 0 nitrogen and oxygen atoms in total. The monoisotopic (exact) mass is 182 g/mol. The first-order valence-corrected chi connectivity index (χ1v) is 7.51. The Labute approximate surface area is 79.0 Å². The smallest absolute Gasteiger partial charge is 0.0443 e. The molecule has 0 heterocycles. The second-order valence-corrected chi connectivity index (χ2v) is 6.66. The van der Waals surface area contributed by atoms with E-state index >= 15 is 0 Å². The highest BCUT2D eigenvalue weighted by Crippen LogP contribution is 2.11. The van der Waals surface area contributed by atoms with Crippen LogP contribution in [0.5, 0.6) is 0 Å². The van der Waals surface area contributed by atoms with Crippen molar-refractivity contribution in [3.8, 4) is 0 Å². The lowest BCUT2D eigenvalue weighted by molar-refractivity contribution is 0.765. The summed E-state index contributed by atoms with van der Waals surface area (Å²) in [5.41, 5.74) is 0. The Kier molecular flexibility index (Phi) is 8.57. The highest BCUT2D eigenvalue weighted by atomic mass is 28.3. The second kappa shape index (κ2) is 8.79. The highest BCUT2D eigenvalue weighted by Gasteiger charge is 2.05. The van der Waals surface area contributed by atoms with Crippen LogP contribution in [0.3, 0.4) is 0 Å². The maximum absolute atomic E-state index is 3.81. The van der Waals surface area contributed by atoms with Gasteiger partial charge in [-0.2, -0.15) is 0 Å². The molecule has 0 spiro atoms. The van der Waals surface area contributed by atoms with E-state index in [1.807, 2.05) is 0 Å². The van der Waals surface area contributed by atoms with Crippen molar-refractivity contribution in [1.29, 1.82) is 0 Å². The van der Waals surface area contributed by atoms with Crippen LogP contribution in [0.4, 0.5) is 0 Å². The predicted octanol–water partition coefficient (Wildman–Crippen LogP) is 3.78. The zero-order chi connectivity index (χ0) is 9.23. The average Bonchev–Trinajstić information content (AvgIpc) is 2.06. The molecule has 0 saturated heterocycles. The van der Waals surface area contributed by atoms with Crippen LogP contribution in [-0.2, 0) is 0 Å². The lowest BCUT2D eigenvalue weighted by Crippen LogP contribution is -2.08. The van der Waals surface area contributed by atoms with Crippen LogP contribution >= 0.6 is 0 Å². The Morgan fingerprint density at radius 2 is 1.67 bits per heavy atom. The van der Waals surface area contributed by atoms with E-state index in [1.54, 1.807) is 0 Å². The molecule has 0 amide bonds. The summed E-state index contributed by atoms with van der Waals surface area (Å²) < 4.78 is 0. The van der Waals surface area contributed by atoms with Crippen LogP contribution < -0.4 is 0 Å². The van der Waals surface area contributed by atoms with Gasteiger partial charge in [0.25, 0.3) is 0 Å². The molecule has 0 N–H and O–H groups in total. The van der Waals surface area contributed by atoms with Gasteiger partial charge in [0.2, 0.25) is 0 Å². The number of hydrogen-bond acceptors (Lipinski definition) is 0. The van der Waals surface area contributed by atoms with E-state index in [1.165, 1.54) is 37.4 Å². The summed E-state index contributed by atoms with van der Waals surface area (Å²) in [5.74, 6) is 0. The van der Waals surface area contributed by atoms with Crippen LogP contribution in [0, 0.1) is 0 Å². The molecule has 12 heavy (non-hydrogen) atoms. The van der Waals surface area contributed by atoms with Crippen LogP contribution in [0.1, 0.15) is 26.2 Å². The molecule has 0 unspecified atom stereocenters. The first-order chi connectivity index (χ1) is 5.85. The third kappa shape index (κ3) is 6.41. The molecule has 0 aliphatic rings. The molecule has 0 atom stereocenters. The predicted molar refractivity (Wildman–Crippen MR) is 61.5 cm³/mol. The number of unbranched alkanes of at least 4 members (excludes halogenated alkanes) is 2. The summed E-state index contributed by atoms with van der Waals surface area (Å²) in [6, 6.07) is 4.05.